The number of nitrogens with zero attached hydrogens (tertiary/aromatic N) is 4. The largest absolute Gasteiger partial charge is 0.309 e. The maximum atomic E-state index is 13.7. The van der Waals surface area contributed by atoms with Gasteiger partial charge in [-0.2, -0.15) is 4.31 Å². The van der Waals surface area contributed by atoms with Gasteiger partial charge in [0.25, 0.3) is 5.91 Å². The summed E-state index contributed by atoms with van der Waals surface area (Å²) in [4.78, 5) is 22.6. The van der Waals surface area contributed by atoms with E-state index in [1.165, 1.54) is 16.9 Å². The third kappa shape index (κ3) is 5.64. The monoisotopic (exact) mass is 528 g/mol. The number of thiazole rings is 1. The van der Waals surface area contributed by atoms with E-state index in [0.717, 1.165) is 48.0 Å². The van der Waals surface area contributed by atoms with Crippen LogP contribution in [0.2, 0.25) is 0 Å². The maximum absolute atomic E-state index is 13.7. The van der Waals surface area contributed by atoms with E-state index in [1.54, 1.807) is 33.5 Å². The molecule has 1 fully saturated rings. The second kappa shape index (κ2) is 11.0. The molecule has 0 spiro atoms. The fraction of sp³-hybridized carbons (Fsp3) is 0.481. The van der Waals surface area contributed by atoms with E-state index >= 15 is 0 Å². The summed E-state index contributed by atoms with van der Waals surface area (Å²) in [6.45, 7) is 7.98. The molecule has 1 aromatic heterocycles. The molecule has 9 heteroatoms. The Hall–Kier alpha value is -2.33. The lowest BCUT2D eigenvalue weighted by molar-refractivity contribution is 0.0986. The van der Waals surface area contributed by atoms with Crippen molar-refractivity contribution in [2.75, 3.05) is 38.6 Å². The van der Waals surface area contributed by atoms with Crippen molar-refractivity contribution in [1.29, 1.82) is 0 Å². The third-order valence-corrected chi connectivity index (χ3v) is 9.78. The minimum absolute atomic E-state index is 0.0108. The molecule has 2 heterocycles. The number of carbonyl (C=O) groups excluding carboxylic acids is 1. The number of rotatable bonds is 8. The van der Waals surface area contributed by atoms with E-state index < -0.39 is 10.0 Å². The predicted octanol–water partition coefficient (Wildman–Crippen LogP) is 5.07. The van der Waals surface area contributed by atoms with Gasteiger partial charge in [0.2, 0.25) is 10.0 Å². The van der Waals surface area contributed by atoms with Gasteiger partial charge in [-0.25, -0.2) is 13.4 Å². The first-order valence-electron chi connectivity index (χ1n) is 12.5. The number of amides is 1. The molecule has 1 unspecified atom stereocenters. The highest BCUT2D eigenvalue weighted by Crippen LogP contribution is 2.33. The minimum Gasteiger partial charge on any atom is -0.309 e. The lowest BCUT2D eigenvalue weighted by Gasteiger charge is -2.32. The number of anilines is 1. The molecule has 3 aromatic rings. The van der Waals surface area contributed by atoms with Crippen molar-refractivity contribution in [2.24, 2.45) is 0 Å². The summed E-state index contributed by atoms with van der Waals surface area (Å²) >= 11 is 1.52. The highest BCUT2D eigenvalue weighted by molar-refractivity contribution is 7.89. The topological polar surface area (TPSA) is 73.8 Å². The molecule has 1 saturated heterocycles. The molecule has 1 amide bonds. The van der Waals surface area contributed by atoms with E-state index in [1.807, 2.05) is 27.9 Å². The summed E-state index contributed by atoms with van der Waals surface area (Å²) in [6, 6.07) is 10.6. The van der Waals surface area contributed by atoms with Crippen LogP contribution >= 0.6 is 11.3 Å². The minimum atomic E-state index is -3.58. The fourth-order valence-electron chi connectivity index (χ4n) is 4.79. The van der Waals surface area contributed by atoms with E-state index in [0.29, 0.717) is 23.8 Å². The molecule has 0 radical (unpaired) electrons. The molecular formula is C27H36N4O3S2. The summed E-state index contributed by atoms with van der Waals surface area (Å²) in [6.07, 6.45) is 3.60. The highest BCUT2D eigenvalue weighted by atomic mass is 32.2. The van der Waals surface area contributed by atoms with Crippen molar-refractivity contribution in [2.45, 2.75) is 57.4 Å². The molecule has 0 bridgehead atoms. The first kappa shape index (κ1) is 26.7. The Bertz CT molecular complexity index is 1330. The van der Waals surface area contributed by atoms with Crippen molar-refractivity contribution in [3.63, 3.8) is 0 Å². The molecular weight excluding hydrogens is 492 g/mol. The van der Waals surface area contributed by atoms with Crippen molar-refractivity contribution in [3.05, 3.63) is 53.1 Å². The molecule has 1 aliphatic rings. The number of fused-ring (bicyclic) bond motifs is 1. The smallest absolute Gasteiger partial charge is 0.260 e. The Labute approximate surface area is 218 Å². The summed E-state index contributed by atoms with van der Waals surface area (Å²) < 4.78 is 29.1. The molecule has 194 valence electrons. The number of hydrogen-bond acceptors (Lipinski definition) is 6. The molecule has 36 heavy (non-hydrogen) atoms. The van der Waals surface area contributed by atoms with E-state index in [4.69, 9.17) is 4.98 Å². The molecule has 0 aliphatic carbocycles. The SMILES string of the molecule is Cc1cc(C)c2nc(N(CCCN(C)C)C(=O)c3ccc(S(=O)(=O)N4CCCCC4C)cc3)sc2c1. The van der Waals surface area contributed by atoms with Crippen LogP contribution in [0.4, 0.5) is 5.13 Å². The van der Waals surface area contributed by atoms with E-state index in [-0.39, 0.29) is 16.8 Å². The van der Waals surface area contributed by atoms with Gasteiger partial charge >= 0.3 is 0 Å². The average molecular weight is 529 g/mol. The lowest BCUT2D eigenvalue weighted by Crippen LogP contribution is -2.41. The van der Waals surface area contributed by atoms with E-state index in [2.05, 4.69) is 24.0 Å². The first-order chi connectivity index (χ1) is 17.1. The zero-order chi connectivity index (χ0) is 26.0. The Morgan fingerprint density at radius 2 is 1.83 bits per heavy atom. The fourth-order valence-corrected chi connectivity index (χ4v) is 7.66. The molecule has 0 saturated carbocycles. The first-order valence-corrected chi connectivity index (χ1v) is 14.8. The quantitative estimate of drug-likeness (QED) is 0.408. The Morgan fingerprint density at radius 3 is 2.50 bits per heavy atom. The number of carbonyl (C=O) groups is 1. The van der Waals surface area contributed by atoms with Crippen LogP contribution in [0.5, 0.6) is 0 Å². The second-order valence-corrected chi connectivity index (χ2v) is 12.9. The molecule has 2 aromatic carbocycles. The summed E-state index contributed by atoms with van der Waals surface area (Å²) in [5, 5.41) is 0.668. The van der Waals surface area contributed by atoms with Gasteiger partial charge in [-0.05, 0) is 102 Å². The summed E-state index contributed by atoms with van der Waals surface area (Å²) in [7, 11) is 0.441. The Morgan fingerprint density at radius 1 is 1.11 bits per heavy atom. The molecule has 7 nitrogen and oxygen atoms in total. The van der Waals surface area contributed by atoms with Gasteiger partial charge in [0.05, 0.1) is 15.1 Å². The van der Waals surface area contributed by atoms with Crippen LogP contribution in [0.25, 0.3) is 10.2 Å². The third-order valence-electron chi connectivity index (χ3n) is 6.73. The number of sulfonamides is 1. The molecule has 4 rings (SSSR count). The zero-order valence-electron chi connectivity index (χ0n) is 21.8. The van der Waals surface area contributed by atoms with Crippen LogP contribution in [-0.2, 0) is 10.0 Å². The number of piperidine rings is 1. The molecule has 0 N–H and O–H groups in total. The summed E-state index contributed by atoms with van der Waals surface area (Å²) in [5.74, 6) is -0.169. The standard InChI is InChI=1S/C27H36N4O3S2/c1-19-17-20(2)25-24(18-19)35-27(28-25)30(15-8-14-29(4)5)26(32)22-10-12-23(13-11-22)36(33,34)31-16-7-6-9-21(31)3/h10-13,17-18,21H,6-9,14-16H2,1-5H3. The van der Waals surface area contributed by atoms with E-state index in [9.17, 15) is 13.2 Å². The van der Waals surface area contributed by atoms with Gasteiger partial charge in [-0.3, -0.25) is 9.69 Å². The van der Waals surface area contributed by atoms with Gasteiger partial charge in [0.15, 0.2) is 5.13 Å². The lowest BCUT2D eigenvalue weighted by atomic mass is 10.1. The van der Waals surface area contributed by atoms with Crippen molar-refractivity contribution < 1.29 is 13.2 Å². The van der Waals surface area contributed by atoms with Gasteiger partial charge < -0.3 is 4.90 Å². The van der Waals surface area contributed by atoms with Crippen molar-refractivity contribution >= 4 is 42.6 Å². The van der Waals surface area contributed by atoms with Crippen molar-refractivity contribution in [3.8, 4) is 0 Å². The molecule has 1 atom stereocenters. The summed E-state index contributed by atoms with van der Waals surface area (Å²) in [5.41, 5.74) is 3.64. The van der Waals surface area contributed by atoms with Gasteiger partial charge in [-0.15, -0.1) is 0 Å². The van der Waals surface area contributed by atoms with Crippen LogP contribution < -0.4 is 4.90 Å². The number of aromatic nitrogens is 1. The van der Waals surface area contributed by atoms with Crippen LogP contribution in [0, 0.1) is 13.8 Å². The maximum Gasteiger partial charge on any atom is 0.260 e. The number of aryl methyl sites for hydroxylation is 2. The second-order valence-electron chi connectivity index (χ2n) is 10.0. The van der Waals surface area contributed by atoms with Gasteiger partial charge in [-0.1, -0.05) is 23.8 Å². The Balaban J connectivity index is 1.63. The number of benzene rings is 2. The van der Waals surface area contributed by atoms with Crippen LogP contribution in [-0.4, -0.2) is 68.3 Å². The van der Waals surface area contributed by atoms with Crippen LogP contribution in [0.3, 0.4) is 0 Å². The predicted molar refractivity (Wildman–Crippen MR) is 148 cm³/mol. The van der Waals surface area contributed by atoms with Crippen molar-refractivity contribution in [1.82, 2.24) is 14.2 Å². The van der Waals surface area contributed by atoms with Crippen LogP contribution in [0.1, 0.15) is 54.1 Å². The van der Waals surface area contributed by atoms with Gasteiger partial charge in [0.1, 0.15) is 0 Å². The average Bonchev–Trinajstić information content (AvgIpc) is 3.25. The number of hydrogen-bond donors (Lipinski definition) is 0. The Kier molecular flexibility index (Phi) is 8.14. The zero-order valence-corrected chi connectivity index (χ0v) is 23.5. The highest BCUT2D eigenvalue weighted by Gasteiger charge is 2.31. The van der Waals surface area contributed by atoms with Gasteiger partial charge in [0, 0.05) is 24.7 Å². The molecule has 1 aliphatic heterocycles. The normalized spacial score (nSPS) is 17.1. The van der Waals surface area contributed by atoms with Crippen LogP contribution in [0.15, 0.2) is 41.3 Å².